The molecule has 3 rings (SSSR count). The summed E-state index contributed by atoms with van der Waals surface area (Å²) in [5, 5.41) is 0. The van der Waals surface area contributed by atoms with E-state index >= 15 is 0 Å². The molecule has 1 saturated heterocycles. The fourth-order valence-electron chi connectivity index (χ4n) is 2.75. The maximum atomic E-state index is 12.3. The molecule has 1 fully saturated rings. The lowest BCUT2D eigenvalue weighted by Gasteiger charge is -2.25. The minimum absolute atomic E-state index is 0.169. The topological polar surface area (TPSA) is 38.8 Å². The van der Waals surface area contributed by atoms with E-state index in [1.807, 2.05) is 18.2 Å². The third-order valence-electron chi connectivity index (χ3n) is 3.89. The first-order valence-corrected chi connectivity index (χ1v) is 7.48. The summed E-state index contributed by atoms with van der Waals surface area (Å²) in [6.45, 7) is 3.91. The van der Waals surface area contributed by atoms with Gasteiger partial charge >= 0.3 is 0 Å². The van der Waals surface area contributed by atoms with E-state index in [1.54, 1.807) is 0 Å². The van der Waals surface area contributed by atoms with Crippen LogP contribution in [-0.2, 0) is 0 Å². The molecule has 4 nitrogen and oxygen atoms in total. The van der Waals surface area contributed by atoms with Crippen molar-refractivity contribution in [3.8, 4) is 11.5 Å². The van der Waals surface area contributed by atoms with Gasteiger partial charge in [0, 0.05) is 12.0 Å². The number of carbonyl (C=O) groups excluding carboxylic acids is 1. The predicted octanol–water partition coefficient (Wildman–Crippen LogP) is 2.52. The number of benzene rings is 1. The van der Waals surface area contributed by atoms with E-state index < -0.39 is 0 Å². The molecule has 0 N–H and O–H groups in total. The third kappa shape index (κ3) is 3.12. The van der Waals surface area contributed by atoms with Gasteiger partial charge < -0.3 is 9.47 Å². The van der Waals surface area contributed by atoms with E-state index in [9.17, 15) is 4.79 Å². The first-order chi connectivity index (χ1) is 9.83. The van der Waals surface area contributed by atoms with Crippen LogP contribution in [-0.4, -0.2) is 43.5 Å². The van der Waals surface area contributed by atoms with Crippen LogP contribution in [0.15, 0.2) is 18.2 Å². The minimum atomic E-state index is 0.169. The third-order valence-corrected chi connectivity index (χ3v) is 3.89. The number of nitrogens with zero attached hydrogens (tertiary/aromatic N) is 1. The Morgan fingerprint density at radius 3 is 2.55 bits per heavy atom. The maximum Gasteiger partial charge on any atom is 0.176 e. The van der Waals surface area contributed by atoms with Crippen LogP contribution >= 0.6 is 0 Å². The Bertz CT molecular complexity index is 481. The van der Waals surface area contributed by atoms with E-state index in [1.165, 1.54) is 19.3 Å². The Kier molecular flexibility index (Phi) is 4.21. The molecule has 0 bridgehead atoms. The maximum absolute atomic E-state index is 12.3. The highest BCUT2D eigenvalue weighted by molar-refractivity contribution is 5.98. The summed E-state index contributed by atoms with van der Waals surface area (Å²) in [5.74, 6) is 1.62. The van der Waals surface area contributed by atoms with Gasteiger partial charge in [0.05, 0.1) is 19.8 Å². The fourth-order valence-corrected chi connectivity index (χ4v) is 2.75. The van der Waals surface area contributed by atoms with Gasteiger partial charge in [-0.2, -0.15) is 0 Å². The lowest BCUT2D eigenvalue weighted by molar-refractivity contribution is 0.0915. The number of rotatable bonds is 3. The van der Waals surface area contributed by atoms with Crippen LogP contribution in [0.3, 0.4) is 0 Å². The zero-order chi connectivity index (χ0) is 13.8. The first kappa shape index (κ1) is 13.4. The quantitative estimate of drug-likeness (QED) is 0.795. The molecule has 0 amide bonds. The van der Waals surface area contributed by atoms with Crippen LogP contribution in [0.2, 0.25) is 0 Å². The van der Waals surface area contributed by atoms with Crippen molar-refractivity contribution >= 4 is 5.78 Å². The summed E-state index contributed by atoms with van der Waals surface area (Å²) < 4.78 is 11.2. The van der Waals surface area contributed by atoms with E-state index in [4.69, 9.17) is 9.47 Å². The second-order valence-electron chi connectivity index (χ2n) is 5.47. The number of likely N-dealkylation sites (tertiary alicyclic amines) is 1. The van der Waals surface area contributed by atoms with Gasteiger partial charge in [-0.3, -0.25) is 9.69 Å². The number of ketones is 1. The summed E-state index contributed by atoms with van der Waals surface area (Å²) in [7, 11) is 0. The zero-order valence-electron chi connectivity index (χ0n) is 11.8. The number of hydrogen-bond donors (Lipinski definition) is 0. The molecule has 2 aliphatic rings. The minimum Gasteiger partial charge on any atom is -0.490 e. The van der Waals surface area contributed by atoms with Crippen LogP contribution in [0.1, 0.15) is 36.0 Å². The second kappa shape index (κ2) is 6.27. The van der Waals surface area contributed by atoms with Crippen molar-refractivity contribution < 1.29 is 14.3 Å². The van der Waals surface area contributed by atoms with Crippen molar-refractivity contribution in [2.45, 2.75) is 25.7 Å². The highest BCUT2D eigenvalue weighted by Crippen LogP contribution is 2.30. The number of hydrogen-bond acceptors (Lipinski definition) is 4. The predicted molar refractivity (Wildman–Crippen MR) is 76.7 cm³/mol. The SMILES string of the molecule is O=C(CN1CCCCC1)c1ccc2c(c1)OCCCO2. The smallest absolute Gasteiger partial charge is 0.176 e. The summed E-state index contributed by atoms with van der Waals surface area (Å²) in [6.07, 6.45) is 4.57. The standard InChI is InChI=1S/C16H21NO3/c18-14(12-17-7-2-1-3-8-17)13-5-6-15-16(11-13)20-10-4-9-19-15/h5-6,11H,1-4,7-10,12H2. The number of carbonyl (C=O) groups is 1. The lowest BCUT2D eigenvalue weighted by Crippen LogP contribution is -2.34. The summed E-state index contributed by atoms with van der Waals surface area (Å²) in [4.78, 5) is 14.6. The van der Waals surface area contributed by atoms with Crippen molar-refractivity contribution in [2.75, 3.05) is 32.8 Å². The Balaban J connectivity index is 1.69. The van der Waals surface area contributed by atoms with Gasteiger partial charge in [0.25, 0.3) is 0 Å². The van der Waals surface area contributed by atoms with Crippen molar-refractivity contribution in [2.24, 2.45) is 0 Å². The molecule has 1 aromatic rings. The van der Waals surface area contributed by atoms with Crippen LogP contribution in [0.25, 0.3) is 0 Å². The summed E-state index contributed by atoms with van der Waals surface area (Å²) >= 11 is 0. The molecule has 2 aliphatic heterocycles. The van der Waals surface area contributed by atoms with Crippen LogP contribution < -0.4 is 9.47 Å². The van der Waals surface area contributed by atoms with E-state index in [2.05, 4.69) is 4.90 Å². The fraction of sp³-hybridized carbons (Fsp3) is 0.562. The van der Waals surface area contributed by atoms with Crippen LogP contribution in [0.5, 0.6) is 11.5 Å². The number of ether oxygens (including phenoxy) is 2. The highest BCUT2D eigenvalue weighted by Gasteiger charge is 2.17. The number of Topliss-reactive ketones (excluding diaryl/α,β-unsaturated/α-hetero) is 1. The van der Waals surface area contributed by atoms with Gasteiger partial charge in [0.15, 0.2) is 17.3 Å². The van der Waals surface area contributed by atoms with Gasteiger partial charge in [0.2, 0.25) is 0 Å². The summed E-state index contributed by atoms with van der Waals surface area (Å²) in [5.41, 5.74) is 0.722. The molecule has 0 radical (unpaired) electrons. The molecule has 0 aromatic heterocycles. The largest absolute Gasteiger partial charge is 0.490 e. The molecule has 0 spiro atoms. The molecule has 0 unspecified atom stereocenters. The van der Waals surface area contributed by atoms with E-state index in [0.717, 1.165) is 30.8 Å². The monoisotopic (exact) mass is 275 g/mol. The van der Waals surface area contributed by atoms with E-state index in [-0.39, 0.29) is 5.78 Å². The van der Waals surface area contributed by atoms with Crippen LogP contribution in [0.4, 0.5) is 0 Å². The number of piperidine rings is 1. The molecule has 0 atom stereocenters. The molecule has 108 valence electrons. The number of fused-ring (bicyclic) bond motifs is 1. The highest BCUT2D eigenvalue weighted by atomic mass is 16.5. The van der Waals surface area contributed by atoms with Crippen molar-refractivity contribution in [1.29, 1.82) is 0 Å². The van der Waals surface area contributed by atoms with Crippen molar-refractivity contribution in [3.63, 3.8) is 0 Å². The molecule has 0 saturated carbocycles. The Labute approximate surface area is 119 Å². The van der Waals surface area contributed by atoms with E-state index in [0.29, 0.717) is 25.5 Å². The average molecular weight is 275 g/mol. The second-order valence-corrected chi connectivity index (χ2v) is 5.47. The summed E-state index contributed by atoms with van der Waals surface area (Å²) in [6, 6.07) is 5.52. The molecular weight excluding hydrogens is 254 g/mol. The van der Waals surface area contributed by atoms with Crippen molar-refractivity contribution in [1.82, 2.24) is 4.90 Å². The zero-order valence-corrected chi connectivity index (χ0v) is 11.8. The molecule has 0 aliphatic carbocycles. The molecule has 1 aromatic carbocycles. The Morgan fingerprint density at radius 2 is 1.75 bits per heavy atom. The van der Waals surface area contributed by atoms with Gasteiger partial charge in [0.1, 0.15) is 0 Å². The first-order valence-electron chi connectivity index (χ1n) is 7.48. The molecular formula is C16H21NO3. The molecule has 2 heterocycles. The average Bonchev–Trinajstić information content (AvgIpc) is 2.72. The molecule has 20 heavy (non-hydrogen) atoms. The van der Waals surface area contributed by atoms with Crippen molar-refractivity contribution in [3.05, 3.63) is 23.8 Å². The molecule has 4 heteroatoms. The van der Waals surface area contributed by atoms with Gasteiger partial charge in [-0.05, 0) is 44.1 Å². The normalized spacial score (nSPS) is 19.4. The van der Waals surface area contributed by atoms with Gasteiger partial charge in [-0.25, -0.2) is 0 Å². The Hall–Kier alpha value is -1.55. The lowest BCUT2D eigenvalue weighted by atomic mass is 10.1. The van der Waals surface area contributed by atoms with Gasteiger partial charge in [-0.1, -0.05) is 6.42 Å². The van der Waals surface area contributed by atoms with Gasteiger partial charge in [-0.15, -0.1) is 0 Å². The van der Waals surface area contributed by atoms with Crippen LogP contribution in [0, 0.1) is 0 Å². The Morgan fingerprint density at radius 1 is 1.00 bits per heavy atom.